The lowest BCUT2D eigenvalue weighted by Gasteiger charge is -2.24. The maximum absolute atomic E-state index is 12.2. The van der Waals surface area contributed by atoms with E-state index in [2.05, 4.69) is 41.2 Å². The highest BCUT2D eigenvalue weighted by Gasteiger charge is 2.36. The highest BCUT2D eigenvalue weighted by atomic mass is 79.9. The quantitative estimate of drug-likeness (QED) is 0.760. The van der Waals surface area contributed by atoms with E-state index in [9.17, 15) is 4.79 Å². The van der Waals surface area contributed by atoms with Crippen molar-refractivity contribution in [2.24, 2.45) is 5.92 Å². The molecular weight excluding hydrogens is 326 g/mol. The molecule has 0 aromatic heterocycles. The van der Waals surface area contributed by atoms with Crippen LogP contribution in [0.2, 0.25) is 0 Å². The van der Waals surface area contributed by atoms with Crippen molar-refractivity contribution in [3.05, 3.63) is 29.3 Å². The van der Waals surface area contributed by atoms with Gasteiger partial charge in [0.25, 0.3) is 5.91 Å². The van der Waals surface area contributed by atoms with Crippen LogP contribution in [0, 0.1) is 12.8 Å². The van der Waals surface area contributed by atoms with E-state index in [1.54, 1.807) is 0 Å². The Kier molecular flexibility index (Phi) is 5.45. The van der Waals surface area contributed by atoms with E-state index in [0.29, 0.717) is 5.92 Å². The molecule has 0 bridgehead atoms. The molecule has 0 aliphatic heterocycles. The van der Waals surface area contributed by atoms with Crippen molar-refractivity contribution in [3.8, 4) is 0 Å². The standard InChI is InChI=1S/C15H21BrClNO/c1-9(2)12-8-11(5)6-7-13(12)18-14(19)15(16,17)10(3)4/h6-10H,1-5H3,(H,18,19). The van der Waals surface area contributed by atoms with Gasteiger partial charge in [-0.15, -0.1) is 0 Å². The number of benzene rings is 1. The summed E-state index contributed by atoms with van der Waals surface area (Å²) in [4.78, 5) is 12.2. The molecule has 1 atom stereocenters. The number of amides is 1. The Morgan fingerprint density at radius 1 is 1.32 bits per heavy atom. The second kappa shape index (κ2) is 6.27. The van der Waals surface area contributed by atoms with E-state index in [4.69, 9.17) is 11.6 Å². The van der Waals surface area contributed by atoms with Crippen molar-refractivity contribution in [2.45, 2.75) is 44.3 Å². The predicted molar refractivity (Wildman–Crippen MR) is 86.2 cm³/mol. The fourth-order valence-corrected chi connectivity index (χ4v) is 1.89. The van der Waals surface area contributed by atoms with Crippen LogP contribution in [0.4, 0.5) is 5.69 Å². The minimum Gasteiger partial charge on any atom is -0.324 e. The summed E-state index contributed by atoms with van der Waals surface area (Å²) in [6.45, 7) is 10.1. The number of hydrogen-bond acceptors (Lipinski definition) is 1. The number of halogens is 2. The van der Waals surface area contributed by atoms with E-state index in [0.717, 1.165) is 11.3 Å². The maximum Gasteiger partial charge on any atom is 0.256 e. The molecule has 1 unspecified atom stereocenters. The van der Waals surface area contributed by atoms with Gasteiger partial charge < -0.3 is 5.32 Å². The molecule has 2 nitrogen and oxygen atoms in total. The van der Waals surface area contributed by atoms with E-state index in [1.807, 2.05) is 32.9 Å². The molecule has 0 radical (unpaired) electrons. The Balaban J connectivity index is 3.04. The fraction of sp³-hybridized carbons (Fsp3) is 0.533. The van der Waals surface area contributed by atoms with Gasteiger partial charge in [0.15, 0.2) is 3.78 Å². The van der Waals surface area contributed by atoms with Crippen LogP contribution in [0.25, 0.3) is 0 Å². The van der Waals surface area contributed by atoms with Crippen molar-refractivity contribution in [2.75, 3.05) is 5.32 Å². The van der Waals surface area contributed by atoms with Gasteiger partial charge in [0, 0.05) is 5.69 Å². The van der Waals surface area contributed by atoms with E-state index < -0.39 is 3.78 Å². The maximum atomic E-state index is 12.2. The van der Waals surface area contributed by atoms with Gasteiger partial charge in [0.05, 0.1) is 0 Å². The smallest absolute Gasteiger partial charge is 0.256 e. The number of hydrogen-bond donors (Lipinski definition) is 1. The SMILES string of the molecule is Cc1ccc(NC(=O)C(Cl)(Br)C(C)C)c(C(C)C)c1. The molecule has 1 rings (SSSR count). The topological polar surface area (TPSA) is 29.1 Å². The second-order valence-corrected chi connectivity index (χ2v) is 7.78. The summed E-state index contributed by atoms with van der Waals surface area (Å²) in [7, 11) is 0. The van der Waals surface area contributed by atoms with Crippen molar-refractivity contribution in [3.63, 3.8) is 0 Å². The number of rotatable bonds is 4. The normalized spacial score (nSPS) is 14.6. The van der Waals surface area contributed by atoms with Gasteiger partial charge in [-0.3, -0.25) is 4.79 Å². The molecule has 1 aromatic rings. The summed E-state index contributed by atoms with van der Waals surface area (Å²) < 4.78 is -1.08. The molecule has 106 valence electrons. The van der Waals surface area contributed by atoms with Gasteiger partial charge in [-0.05, 0) is 30.4 Å². The van der Waals surface area contributed by atoms with Crippen LogP contribution in [-0.2, 0) is 4.79 Å². The average molecular weight is 347 g/mol. The Morgan fingerprint density at radius 3 is 2.37 bits per heavy atom. The Morgan fingerprint density at radius 2 is 1.89 bits per heavy atom. The van der Waals surface area contributed by atoms with Gasteiger partial charge in [0.1, 0.15) is 0 Å². The lowest BCUT2D eigenvalue weighted by molar-refractivity contribution is -0.117. The van der Waals surface area contributed by atoms with Gasteiger partial charge in [-0.1, -0.05) is 72.9 Å². The summed E-state index contributed by atoms with van der Waals surface area (Å²) in [5.74, 6) is 0.103. The molecule has 19 heavy (non-hydrogen) atoms. The van der Waals surface area contributed by atoms with Crippen molar-refractivity contribution < 1.29 is 4.79 Å². The van der Waals surface area contributed by atoms with Crippen molar-refractivity contribution in [1.82, 2.24) is 0 Å². The molecule has 0 saturated heterocycles. The van der Waals surface area contributed by atoms with Crippen LogP contribution < -0.4 is 5.32 Å². The monoisotopic (exact) mass is 345 g/mol. The van der Waals surface area contributed by atoms with Crippen LogP contribution in [0.15, 0.2) is 18.2 Å². The number of carbonyl (C=O) groups excluding carboxylic acids is 1. The molecule has 0 aliphatic rings. The third-order valence-electron chi connectivity index (χ3n) is 3.11. The fourth-order valence-electron chi connectivity index (χ4n) is 1.74. The van der Waals surface area contributed by atoms with Gasteiger partial charge >= 0.3 is 0 Å². The van der Waals surface area contributed by atoms with E-state index >= 15 is 0 Å². The zero-order chi connectivity index (χ0) is 14.8. The number of aryl methyl sites for hydroxylation is 1. The van der Waals surface area contributed by atoms with Gasteiger partial charge in [-0.25, -0.2) is 0 Å². The predicted octanol–water partition coefficient (Wildman–Crippen LogP) is 5.04. The zero-order valence-corrected chi connectivity index (χ0v) is 14.4. The summed E-state index contributed by atoms with van der Waals surface area (Å²) in [5, 5.41) is 2.92. The first-order valence-corrected chi connectivity index (χ1v) is 7.63. The minimum atomic E-state index is -1.08. The van der Waals surface area contributed by atoms with Crippen LogP contribution in [0.5, 0.6) is 0 Å². The summed E-state index contributed by atoms with van der Waals surface area (Å²) in [6, 6.07) is 6.02. The number of nitrogens with one attached hydrogen (secondary N) is 1. The summed E-state index contributed by atoms with van der Waals surface area (Å²) in [5.41, 5.74) is 3.13. The number of alkyl halides is 2. The first kappa shape index (κ1) is 16.5. The average Bonchev–Trinajstić information content (AvgIpc) is 2.30. The van der Waals surface area contributed by atoms with Crippen LogP contribution >= 0.6 is 27.5 Å². The van der Waals surface area contributed by atoms with Crippen LogP contribution in [0.3, 0.4) is 0 Å². The largest absolute Gasteiger partial charge is 0.324 e. The minimum absolute atomic E-state index is 0.0119. The van der Waals surface area contributed by atoms with Crippen LogP contribution in [-0.4, -0.2) is 9.69 Å². The van der Waals surface area contributed by atoms with Crippen molar-refractivity contribution >= 4 is 39.1 Å². The highest BCUT2D eigenvalue weighted by molar-refractivity contribution is 9.10. The third-order valence-corrected chi connectivity index (χ3v) is 4.99. The molecule has 1 amide bonds. The summed E-state index contributed by atoms with van der Waals surface area (Å²) in [6.07, 6.45) is 0. The second-order valence-electron chi connectivity index (χ2n) is 5.48. The highest BCUT2D eigenvalue weighted by Crippen LogP contribution is 2.35. The molecule has 1 aromatic carbocycles. The Labute approximate surface area is 129 Å². The van der Waals surface area contributed by atoms with Gasteiger partial charge in [-0.2, -0.15) is 0 Å². The molecule has 1 N–H and O–H groups in total. The third kappa shape index (κ3) is 3.96. The molecule has 0 heterocycles. The van der Waals surface area contributed by atoms with Gasteiger partial charge in [0.2, 0.25) is 0 Å². The first-order chi connectivity index (χ1) is 8.66. The Hall–Kier alpha value is -0.540. The first-order valence-electron chi connectivity index (χ1n) is 6.46. The summed E-state index contributed by atoms with van der Waals surface area (Å²) >= 11 is 9.54. The van der Waals surface area contributed by atoms with Crippen LogP contribution in [0.1, 0.15) is 44.7 Å². The molecule has 0 aliphatic carbocycles. The number of carbonyl (C=O) groups is 1. The van der Waals surface area contributed by atoms with E-state index in [1.165, 1.54) is 5.56 Å². The lowest BCUT2D eigenvalue weighted by atomic mass is 9.98. The Bertz CT molecular complexity index is 469. The molecule has 0 saturated carbocycles. The molecule has 4 heteroatoms. The van der Waals surface area contributed by atoms with E-state index in [-0.39, 0.29) is 11.8 Å². The lowest BCUT2D eigenvalue weighted by Crippen LogP contribution is -2.36. The van der Waals surface area contributed by atoms with Crippen molar-refractivity contribution in [1.29, 1.82) is 0 Å². The molecule has 0 fully saturated rings. The zero-order valence-electron chi connectivity index (χ0n) is 12.1. The number of anilines is 1. The molecule has 0 spiro atoms. The molecular formula is C15H21BrClNO.